The van der Waals surface area contributed by atoms with Crippen molar-refractivity contribution in [2.75, 3.05) is 11.9 Å². The van der Waals surface area contributed by atoms with Crippen LogP contribution >= 0.6 is 0 Å². The molecule has 2 aromatic carbocycles. The van der Waals surface area contributed by atoms with Crippen LogP contribution in [0.1, 0.15) is 29.8 Å². The molecule has 2 N–H and O–H groups in total. The first-order valence-electron chi connectivity index (χ1n) is 8.95. The van der Waals surface area contributed by atoms with Crippen molar-refractivity contribution >= 4 is 22.8 Å². The zero-order valence-electron chi connectivity index (χ0n) is 15.2. The summed E-state index contributed by atoms with van der Waals surface area (Å²) in [5, 5.41) is 5.76. The van der Waals surface area contributed by atoms with E-state index in [0.717, 1.165) is 47.4 Å². The number of fused-ring (bicyclic) bond motifs is 1. The number of hydrogen-bond donors (Lipinski definition) is 2. The van der Waals surface area contributed by atoms with Gasteiger partial charge in [0.1, 0.15) is 0 Å². The number of amides is 2. The van der Waals surface area contributed by atoms with Gasteiger partial charge < -0.3 is 10.6 Å². The normalized spacial score (nSPS) is 10.7. The van der Waals surface area contributed by atoms with E-state index in [-0.39, 0.29) is 6.03 Å². The summed E-state index contributed by atoms with van der Waals surface area (Å²) in [5.74, 6) is 0. The highest BCUT2D eigenvalue weighted by molar-refractivity contribution is 5.91. The first-order chi connectivity index (χ1) is 12.6. The van der Waals surface area contributed by atoms with Gasteiger partial charge in [0, 0.05) is 12.2 Å². The molecule has 134 valence electrons. The van der Waals surface area contributed by atoms with Crippen LogP contribution in [0.25, 0.3) is 11.0 Å². The number of urea groups is 1. The van der Waals surface area contributed by atoms with Crippen molar-refractivity contribution in [3.63, 3.8) is 0 Å². The van der Waals surface area contributed by atoms with Crippen LogP contribution in [-0.2, 0) is 6.42 Å². The molecule has 3 rings (SSSR count). The lowest BCUT2D eigenvalue weighted by molar-refractivity contribution is 0.252. The monoisotopic (exact) mass is 348 g/mol. The predicted octanol–water partition coefficient (Wildman–Crippen LogP) is 4.39. The first-order valence-corrected chi connectivity index (χ1v) is 8.95. The highest BCUT2D eigenvalue weighted by Crippen LogP contribution is 2.17. The second-order valence-corrected chi connectivity index (χ2v) is 6.42. The van der Waals surface area contributed by atoms with Crippen LogP contribution in [-0.4, -0.2) is 22.5 Å². The quantitative estimate of drug-likeness (QED) is 0.649. The van der Waals surface area contributed by atoms with E-state index >= 15 is 0 Å². The standard InChI is InChI=1S/C21H24N4O/c1-15-16(2)24-20-14-18(11-12-19(20)23-15)25-21(26)22-13-7-6-10-17-8-4-3-5-9-17/h3-5,8-9,11-12,14H,6-7,10,13H2,1-2H3,(H2,22,25,26). The van der Waals surface area contributed by atoms with Crippen molar-refractivity contribution < 1.29 is 4.79 Å². The van der Waals surface area contributed by atoms with E-state index < -0.39 is 0 Å². The predicted molar refractivity (Wildman–Crippen MR) is 105 cm³/mol. The average Bonchev–Trinajstić information content (AvgIpc) is 2.63. The average molecular weight is 348 g/mol. The number of benzene rings is 2. The zero-order valence-corrected chi connectivity index (χ0v) is 15.2. The fourth-order valence-electron chi connectivity index (χ4n) is 2.78. The van der Waals surface area contributed by atoms with Gasteiger partial charge >= 0.3 is 6.03 Å². The van der Waals surface area contributed by atoms with Crippen LogP contribution in [0.5, 0.6) is 0 Å². The molecule has 0 unspecified atom stereocenters. The van der Waals surface area contributed by atoms with Gasteiger partial charge in [0.15, 0.2) is 0 Å². The fraction of sp³-hybridized carbons (Fsp3) is 0.286. The number of aromatic nitrogens is 2. The largest absolute Gasteiger partial charge is 0.338 e. The second-order valence-electron chi connectivity index (χ2n) is 6.42. The molecule has 0 bridgehead atoms. The molecule has 3 aromatic rings. The molecule has 0 aliphatic carbocycles. The van der Waals surface area contributed by atoms with Crippen LogP contribution in [0.3, 0.4) is 0 Å². The van der Waals surface area contributed by atoms with Crippen LogP contribution in [0.15, 0.2) is 48.5 Å². The van der Waals surface area contributed by atoms with Crippen LogP contribution in [0.4, 0.5) is 10.5 Å². The molecular weight excluding hydrogens is 324 g/mol. The summed E-state index contributed by atoms with van der Waals surface area (Å²) in [6.07, 6.45) is 3.03. The number of anilines is 1. The highest BCUT2D eigenvalue weighted by atomic mass is 16.2. The Kier molecular flexibility index (Phi) is 5.79. The van der Waals surface area contributed by atoms with Crippen molar-refractivity contribution in [3.05, 3.63) is 65.5 Å². The molecule has 0 spiro atoms. The summed E-state index contributed by atoms with van der Waals surface area (Å²) in [7, 11) is 0. The fourth-order valence-corrected chi connectivity index (χ4v) is 2.78. The van der Waals surface area contributed by atoms with E-state index in [2.05, 4.69) is 44.9 Å². The summed E-state index contributed by atoms with van der Waals surface area (Å²) < 4.78 is 0. The van der Waals surface area contributed by atoms with Crippen molar-refractivity contribution in [2.45, 2.75) is 33.1 Å². The molecule has 0 aliphatic rings. The maximum absolute atomic E-state index is 12.0. The van der Waals surface area contributed by atoms with Crippen molar-refractivity contribution in [1.29, 1.82) is 0 Å². The zero-order chi connectivity index (χ0) is 18.4. The van der Waals surface area contributed by atoms with Gasteiger partial charge in [-0.1, -0.05) is 30.3 Å². The SMILES string of the molecule is Cc1nc2ccc(NC(=O)NCCCCc3ccccc3)cc2nc1C. The smallest absolute Gasteiger partial charge is 0.319 e. The lowest BCUT2D eigenvalue weighted by atomic mass is 10.1. The number of rotatable bonds is 6. The summed E-state index contributed by atoms with van der Waals surface area (Å²) in [5.41, 5.74) is 5.49. The number of nitrogens with zero attached hydrogens (tertiary/aromatic N) is 2. The van der Waals surface area contributed by atoms with E-state index in [4.69, 9.17) is 0 Å². The minimum Gasteiger partial charge on any atom is -0.338 e. The maximum Gasteiger partial charge on any atom is 0.319 e. The van der Waals surface area contributed by atoms with E-state index in [1.807, 2.05) is 38.1 Å². The van der Waals surface area contributed by atoms with Crippen molar-refractivity contribution in [1.82, 2.24) is 15.3 Å². The van der Waals surface area contributed by atoms with E-state index in [1.165, 1.54) is 5.56 Å². The van der Waals surface area contributed by atoms with Gasteiger partial charge in [-0.2, -0.15) is 0 Å². The third-order valence-electron chi connectivity index (χ3n) is 4.35. The number of nitrogens with one attached hydrogen (secondary N) is 2. The molecule has 26 heavy (non-hydrogen) atoms. The Morgan fingerprint density at radius 2 is 1.65 bits per heavy atom. The Morgan fingerprint density at radius 1 is 0.923 bits per heavy atom. The number of carbonyl (C=O) groups excluding carboxylic acids is 1. The molecule has 1 heterocycles. The van der Waals surface area contributed by atoms with Gasteiger partial charge in [-0.3, -0.25) is 0 Å². The molecule has 0 atom stereocenters. The second kappa shape index (κ2) is 8.43. The van der Waals surface area contributed by atoms with Gasteiger partial charge in [-0.05, 0) is 56.9 Å². The Morgan fingerprint density at radius 3 is 2.42 bits per heavy atom. The summed E-state index contributed by atoms with van der Waals surface area (Å²) in [4.78, 5) is 21.1. The van der Waals surface area contributed by atoms with Gasteiger partial charge in [0.25, 0.3) is 0 Å². The molecule has 5 heteroatoms. The molecule has 0 aliphatic heterocycles. The molecule has 0 radical (unpaired) electrons. The minimum atomic E-state index is -0.194. The molecule has 0 fully saturated rings. The highest BCUT2D eigenvalue weighted by Gasteiger charge is 2.05. The third-order valence-corrected chi connectivity index (χ3v) is 4.35. The van der Waals surface area contributed by atoms with Crippen molar-refractivity contribution in [3.8, 4) is 0 Å². The summed E-state index contributed by atoms with van der Waals surface area (Å²) >= 11 is 0. The Labute approximate surface area is 153 Å². The van der Waals surface area contributed by atoms with Gasteiger partial charge in [-0.25, -0.2) is 14.8 Å². The molecule has 1 aromatic heterocycles. The van der Waals surface area contributed by atoms with E-state index in [1.54, 1.807) is 0 Å². The number of unbranched alkanes of at least 4 members (excludes halogenated alkanes) is 1. The summed E-state index contributed by atoms with van der Waals surface area (Å²) in [6.45, 7) is 4.54. The van der Waals surface area contributed by atoms with Gasteiger partial charge in [0.2, 0.25) is 0 Å². The molecule has 0 saturated carbocycles. The van der Waals surface area contributed by atoms with E-state index in [9.17, 15) is 4.79 Å². The minimum absolute atomic E-state index is 0.194. The van der Waals surface area contributed by atoms with Crippen LogP contribution < -0.4 is 10.6 Å². The number of hydrogen-bond acceptors (Lipinski definition) is 3. The lowest BCUT2D eigenvalue weighted by Crippen LogP contribution is -2.29. The molecule has 5 nitrogen and oxygen atoms in total. The van der Waals surface area contributed by atoms with Gasteiger partial charge in [-0.15, -0.1) is 0 Å². The molecular formula is C21H24N4O. The van der Waals surface area contributed by atoms with Crippen LogP contribution in [0, 0.1) is 13.8 Å². The molecule has 0 saturated heterocycles. The topological polar surface area (TPSA) is 66.9 Å². The Bertz CT molecular complexity index is 893. The number of aryl methyl sites for hydroxylation is 3. The lowest BCUT2D eigenvalue weighted by Gasteiger charge is -2.09. The van der Waals surface area contributed by atoms with Gasteiger partial charge in [0.05, 0.1) is 22.4 Å². The number of carbonyl (C=O) groups is 1. The first kappa shape index (κ1) is 17.9. The van der Waals surface area contributed by atoms with Crippen LogP contribution in [0.2, 0.25) is 0 Å². The van der Waals surface area contributed by atoms with Crippen molar-refractivity contribution in [2.24, 2.45) is 0 Å². The van der Waals surface area contributed by atoms with E-state index in [0.29, 0.717) is 6.54 Å². The Hall–Kier alpha value is -2.95. The maximum atomic E-state index is 12.0. The summed E-state index contributed by atoms with van der Waals surface area (Å²) in [6, 6.07) is 15.8. The molecule has 2 amide bonds. The Balaban J connectivity index is 1.46. The third kappa shape index (κ3) is 4.79.